The number of sulfonamides is 1. The van der Waals surface area contributed by atoms with Crippen LogP contribution in [0.4, 0.5) is 0 Å². The molecule has 0 fully saturated rings. The molecular weight excluding hydrogens is 344 g/mol. The molecule has 0 aromatic carbocycles. The van der Waals surface area contributed by atoms with Crippen LogP contribution in [-0.4, -0.2) is 50.9 Å². The summed E-state index contributed by atoms with van der Waals surface area (Å²) in [5, 5.41) is 6.47. The molecule has 24 heavy (non-hydrogen) atoms. The quantitative estimate of drug-likeness (QED) is 0.514. The summed E-state index contributed by atoms with van der Waals surface area (Å²) >= 11 is 1.34. The standard InChI is InChI=1S/C16H30N4O2S2/c1-6-17-16(19-13(4)5)18-12-11-14-9-10-15(23-14)24(21,22)20(7-2)8-3/h9-10,13H,6-8,11-12H2,1-5H3,(H2,17,18,19). The van der Waals surface area contributed by atoms with E-state index >= 15 is 0 Å². The second-order valence-electron chi connectivity index (χ2n) is 5.62. The number of thiophene rings is 1. The first-order valence-electron chi connectivity index (χ1n) is 8.48. The number of aliphatic imine (C=N–C) groups is 1. The van der Waals surface area contributed by atoms with E-state index in [0.717, 1.165) is 23.8 Å². The molecule has 0 aliphatic carbocycles. The van der Waals surface area contributed by atoms with Gasteiger partial charge in [-0.15, -0.1) is 11.3 Å². The van der Waals surface area contributed by atoms with Crippen molar-refractivity contribution in [3.05, 3.63) is 17.0 Å². The van der Waals surface area contributed by atoms with Gasteiger partial charge in [0.15, 0.2) is 5.96 Å². The van der Waals surface area contributed by atoms with Gasteiger partial charge in [-0.2, -0.15) is 4.31 Å². The number of hydrogen-bond donors (Lipinski definition) is 2. The lowest BCUT2D eigenvalue weighted by molar-refractivity contribution is 0.447. The van der Waals surface area contributed by atoms with Gasteiger partial charge in [-0.3, -0.25) is 4.99 Å². The van der Waals surface area contributed by atoms with E-state index in [1.165, 1.54) is 15.6 Å². The van der Waals surface area contributed by atoms with E-state index < -0.39 is 10.0 Å². The van der Waals surface area contributed by atoms with Crippen LogP contribution in [0.1, 0.15) is 39.5 Å². The lowest BCUT2D eigenvalue weighted by Crippen LogP contribution is -2.41. The molecule has 1 aromatic rings. The van der Waals surface area contributed by atoms with E-state index in [2.05, 4.69) is 29.5 Å². The van der Waals surface area contributed by atoms with Crippen LogP contribution in [-0.2, 0) is 16.4 Å². The monoisotopic (exact) mass is 374 g/mol. The Hall–Kier alpha value is -1.12. The van der Waals surface area contributed by atoms with Crippen molar-refractivity contribution in [2.75, 3.05) is 26.2 Å². The third-order valence-corrected chi connectivity index (χ3v) is 7.00. The van der Waals surface area contributed by atoms with Crippen LogP contribution >= 0.6 is 11.3 Å². The average molecular weight is 375 g/mol. The predicted molar refractivity (Wildman–Crippen MR) is 102 cm³/mol. The topological polar surface area (TPSA) is 73.8 Å². The maximum Gasteiger partial charge on any atom is 0.252 e. The van der Waals surface area contributed by atoms with E-state index in [0.29, 0.717) is 29.9 Å². The zero-order valence-electron chi connectivity index (χ0n) is 15.3. The summed E-state index contributed by atoms with van der Waals surface area (Å²) in [5.41, 5.74) is 0. The Morgan fingerprint density at radius 1 is 1.25 bits per heavy atom. The second-order valence-corrected chi connectivity index (χ2v) is 8.95. The molecule has 8 heteroatoms. The highest BCUT2D eigenvalue weighted by Gasteiger charge is 2.23. The Bertz CT molecular complexity index is 620. The van der Waals surface area contributed by atoms with Crippen LogP contribution in [0.15, 0.2) is 21.3 Å². The van der Waals surface area contributed by atoms with Gasteiger partial charge in [-0.1, -0.05) is 13.8 Å². The summed E-state index contributed by atoms with van der Waals surface area (Å²) in [6.45, 7) is 12.3. The lowest BCUT2D eigenvalue weighted by Gasteiger charge is -2.16. The fourth-order valence-electron chi connectivity index (χ4n) is 2.19. The summed E-state index contributed by atoms with van der Waals surface area (Å²) in [5.74, 6) is 0.792. The largest absolute Gasteiger partial charge is 0.357 e. The zero-order chi connectivity index (χ0) is 18.2. The van der Waals surface area contributed by atoms with Crippen molar-refractivity contribution in [1.82, 2.24) is 14.9 Å². The molecule has 0 radical (unpaired) electrons. The van der Waals surface area contributed by atoms with Gasteiger partial charge >= 0.3 is 0 Å². The fourth-order valence-corrected chi connectivity index (χ4v) is 5.15. The van der Waals surface area contributed by atoms with Crippen molar-refractivity contribution < 1.29 is 8.42 Å². The van der Waals surface area contributed by atoms with Gasteiger partial charge < -0.3 is 10.6 Å². The molecule has 0 unspecified atom stereocenters. The van der Waals surface area contributed by atoms with Crippen LogP contribution < -0.4 is 10.6 Å². The smallest absolute Gasteiger partial charge is 0.252 e. The normalized spacial score (nSPS) is 12.9. The molecule has 0 spiro atoms. The molecule has 0 aliphatic heterocycles. The lowest BCUT2D eigenvalue weighted by atomic mass is 10.3. The first kappa shape index (κ1) is 20.9. The summed E-state index contributed by atoms with van der Waals surface area (Å²) in [6, 6.07) is 3.91. The van der Waals surface area contributed by atoms with E-state index in [1.807, 2.05) is 26.8 Å². The van der Waals surface area contributed by atoms with Gasteiger partial charge in [-0.05, 0) is 32.9 Å². The molecule has 0 saturated heterocycles. The van der Waals surface area contributed by atoms with E-state index in [1.54, 1.807) is 6.07 Å². The van der Waals surface area contributed by atoms with Crippen LogP contribution in [0.25, 0.3) is 0 Å². The Balaban J connectivity index is 2.73. The molecule has 0 aliphatic rings. The van der Waals surface area contributed by atoms with E-state index in [-0.39, 0.29) is 0 Å². The highest BCUT2D eigenvalue weighted by molar-refractivity contribution is 7.91. The minimum atomic E-state index is -3.35. The van der Waals surface area contributed by atoms with Crippen molar-refractivity contribution in [3.63, 3.8) is 0 Å². The zero-order valence-corrected chi connectivity index (χ0v) is 16.9. The summed E-state index contributed by atoms with van der Waals surface area (Å²) in [7, 11) is -3.35. The predicted octanol–water partition coefficient (Wildman–Crippen LogP) is 2.28. The Morgan fingerprint density at radius 3 is 2.46 bits per heavy atom. The summed E-state index contributed by atoms with van der Waals surface area (Å²) < 4.78 is 26.9. The second kappa shape index (κ2) is 10.0. The maximum atomic E-state index is 12.5. The van der Waals surface area contributed by atoms with Gasteiger partial charge in [0, 0.05) is 43.5 Å². The molecule has 1 aromatic heterocycles. The van der Waals surface area contributed by atoms with Crippen molar-refractivity contribution in [2.24, 2.45) is 4.99 Å². The average Bonchev–Trinajstić information content (AvgIpc) is 2.97. The molecule has 138 valence electrons. The third kappa shape index (κ3) is 6.07. The first-order chi connectivity index (χ1) is 11.3. The minimum absolute atomic E-state index is 0.315. The van der Waals surface area contributed by atoms with Gasteiger partial charge in [-0.25, -0.2) is 8.42 Å². The number of hydrogen-bond acceptors (Lipinski definition) is 4. The highest BCUT2D eigenvalue weighted by Crippen LogP contribution is 2.25. The minimum Gasteiger partial charge on any atom is -0.357 e. The number of nitrogens with zero attached hydrogens (tertiary/aromatic N) is 2. The van der Waals surface area contributed by atoms with Crippen molar-refractivity contribution in [2.45, 2.75) is 51.3 Å². The Kier molecular flexibility index (Phi) is 8.72. The van der Waals surface area contributed by atoms with Gasteiger partial charge in [0.25, 0.3) is 10.0 Å². The summed E-state index contributed by atoms with van der Waals surface area (Å²) in [4.78, 5) is 5.56. The van der Waals surface area contributed by atoms with Crippen molar-refractivity contribution in [3.8, 4) is 0 Å². The molecule has 1 heterocycles. The van der Waals surface area contributed by atoms with E-state index in [9.17, 15) is 8.42 Å². The Labute approximate surface area is 150 Å². The maximum absolute atomic E-state index is 12.5. The SMILES string of the molecule is CCNC(=NCCc1ccc(S(=O)(=O)N(CC)CC)s1)NC(C)C. The molecule has 2 N–H and O–H groups in total. The first-order valence-corrected chi connectivity index (χ1v) is 10.7. The van der Waals surface area contributed by atoms with Crippen molar-refractivity contribution >= 4 is 27.3 Å². The van der Waals surface area contributed by atoms with Crippen LogP contribution in [0, 0.1) is 0 Å². The van der Waals surface area contributed by atoms with Gasteiger partial charge in [0.1, 0.15) is 4.21 Å². The number of rotatable bonds is 9. The fraction of sp³-hybridized carbons (Fsp3) is 0.688. The van der Waals surface area contributed by atoms with Crippen LogP contribution in [0.2, 0.25) is 0 Å². The van der Waals surface area contributed by atoms with Gasteiger partial charge in [0.05, 0.1) is 0 Å². The van der Waals surface area contributed by atoms with Crippen LogP contribution in [0.5, 0.6) is 0 Å². The number of guanidine groups is 1. The number of nitrogens with one attached hydrogen (secondary N) is 2. The molecule has 6 nitrogen and oxygen atoms in total. The van der Waals surface area contributed by atoms with Crippen LogP contribution in [0.3, 0.4) is 0 Å². The highest BCUT2D eigenvalue weighted by atomic mass is 32.2. The van der Waals surface area contributed by atoms with E-state index in [4.69, 9.17) is 0 Å². The molecule has 0 atom stereocenters. The summed E-state index contributed by atoms with van der Waals surface area (Å²) in [6.07, 6.45) is 0.729. The molecule has 0 saturated carbocycles. The Morgan fingerprint density at radius 2 is 1.92 bits per heavy atom. The van der Waals surface area contributed by atoms with Gasteiger partial charge in [0.2, 0.25) is 0 Å². The molecular formula is C16H30N4O2S2. The molecule has 1 rings (SSSR count). The van der Waals surface area contributed by atoms with Crippen molar-refractivity contribution in [1.29, 1.82) is 0 Å². The third-order valence-electron chi connectivity index (χ3n) is 3.33. The molecule has 0 bridgehead atoms. The molecule has 0 amide bonds.